The second-order valence-electron chi connectivity index (χ2n) is 6.97. The first kappa shape index (κ1) is 18.0. The lowest BCUT2D eigenvalue weighted by molar-refractivity contribution is -0.136. The van der Waals surface area contributed by atoms with E-state index < -0.39 is 6.10 Å². The van der Waals surface area contributed by atoms with Crippen LogP contribution in [0.3, 0.4) is 0 Å². The number of aliphatic hydroxyl groups excluding tert-OH is 1. The predicted molar refractivity (Wildman–Crippen MR) is 86.0 cm³/mol. The number of urea groups is 1. The van der Waals surface area contributed by atoms with E-state index in [1.807, 2.05) is 13.8 Å². The van der Waals surface area contributed by atoms with Crippen LogP contribution >= 0.6 is 0 Å². The lowest BCUT2D eigenvalue weighted by Gasteiger charge is -2.34. The van der Waals surface area contributed by atoms with Crippen molar-refractivity contribution in [3.05, 3.63) is 0 Å². The third-order valence-electron chi connectivity index (χ3n) is 4.49. The van der Waals surface area contributed by atoms with Gasteiger partial charge in [-0.3, -0.25) is 4.79 Å². The molecule has 132 valence electrons. The zero-order chi connectivity index (χ0) is 17.1. The number of β-amino-alcohol motifs (C(OH)–C–C–N with tert-alkyl or cyclic N) is 1. The van der Waals surface area contributed by atoms with E-state index in [4.69, 9.17) is 4.74 Å². The van der Waals surface area contributed by atoms with Crippen LogP contribution in [0.5, 0.6) is 0 Å². The summed E-state index contributed by atoms with van der Waals surface area (Å²) < 4.78 is 5.66. The number of carbonyl (C=O) groups is 2. The molecule has 2 heterocycles. The number of rotatable bonds is 3. The van der Waals surface area contributed by atoms with Crippen LogP contribution < -0.4 is 0 Å². The summed E-state index contributed by atoms with van der Waals surface area (Å²) in [4.78, 5) is 29.6. The van der Waals surface area contributed by atoms with Crippen molar-refractivity contribution in [2.24, 2.45) is 5.92 Å². The third kappa shape index (κ3) is 4.35. The van der Waals surface area contributed by atoms with Crippen molar-refractivity contribution in [2.75, 3.05) is 40.3 Å². The van der Waals surface area contributed by atoms with Gasteiger partial charge < -0.3 is 24.5 Å². The Morgan fingerprint density at radius 1 is 1.13 bits per heavy atom. The van der Waals surface area contributed by atoms with Gasteiger partial charge in [0, 0.05) is 46.2 Å². The average Bonchev–Trinajstić information content (AvgIpc) is 2.86. The molecule has 1 N–H and O–H groups in total. The van der Waals surface area contributed by atoms with Crippen molar-refractivity contribution in [2.45, 2.75) is 45.0 Å². The maximum absolute atomic E-state index is 12.6. The molecule has 2 atom stereocenters. The summed E-state index contributed by atoms with van der Waals surface area (Å²) in [5, 5.41) is 10.1. The fraction of sp³-hybridized carbons (Fsp3) is 0.875. The minimum Gasteiger partial charge on any atom is -0.388 e. The molecule has 0 spiro atoms. The SMILES string of the molecule is CC(C)O[C@H]1CN(C(=O)C2CCN(C(=O)N(C)C)CC2)C[C@@H]1O. The molecule has 2 fully saturated rings. The molecule has 2 rings (SSSR count). The molecule has 0 bridgehead atoms. The van der Waals surface area contributed by atoms with E-state index in [0.717, 1.165) is 0 Å². The zero-order valence-corrected chi connectivity index (χ0v) is 14.6. The first-order chi connectivity index (χ1) is 10.8. The molecule has 0 aromatic carbocycles. The van der Waals surface area contributed by atoms with E-state index in [9.17, 15) is 14.7 Å². The van der Waals surface area contributed by atoms with E-state index in [1.54, 1.807) is 28.8 Å². The van der Waals surface area contributed by atoms with Crippen molar-refractivity contribution in [3.8, 4) is 0 Å². The average molecular weight is 327 g/mol. The van der Waals surface area contributed by atoms with Gasteiger partial charge in [0.25, 0.3) is 0 Å². The Hall–Kier alpha value is -1.34. The van der Waals surface area contributed by atoms with Gasteiger partial charge in [0.15, 0.2) is 0 Å². The number of hydrogen-bond acceptors (Lipinski definition) is 4. The first-order valence-corrected chi connectivity index (χ1v) is 8.38. The summed E-state index contributed by atoms with van der Waals surface area (Å²) in [5.41, 5.74) is 0. The van der Waals surface area contributed by atoms with E-state index in [0.29, 0.717) is 39.0 Å². The summed E-state index contributed by atoms with van der Waals surface area (Å²) >= 11 is 0. The molecule has 7 heteroatoms. The van der Waals surface area contributed by atoms with Gasteiger partial charge in [0.2, 0.25) is 5.91 Å². The highest BCUT2D eigenvalue weighted by atomic mass is 16.5. The van der Waals surface area contributed by atoms with Gasteiger partial charge in [-0.2, -0.15) is 0 Å². The summed E-state index contributed by atoms with van der Waals surface area (Å²) in [6.45, 7) is 5.86. The Bertz CT molecular complexity index is 433. The van der Waals surface area contributed by atoms with E-state index in [2.05, 4.69) is 0 Å². The Morgan fingerprint density at radius 2 is 1.74 bits per heavy atom. The first-order valence-electron chi connectivity index (χ1n) is 8.38. The van der Waals surface area contributed by atoms with Gasteiger partial charge in [0.05, 0.1) is 12.2 Å². The molecular formula is C16H29N3O4. The second-order valence-corrected chi connectivity index (χ2v) is 6.97. The summed E-state index contributed by atoms with van der Waals surface area (Å²) in [6.07, 6.45) is 0.484. The van der Waals surface area contributed by atoms with Crippen molar-refractivity contribution in [1.82, 2.24) is 14.7 Å². The monoisotopic (exact) mass is 327 g/mol. The van der Waals surface area contributed by atoms with Crippen LogP contribution in [0.2, 0.25) is 0 Å². The van der Waals surface area contributed by atoms with Crippen LogP contribution in [0.15, 0.2) is 0 Å². The Balaban J connectivity index is 1.85. The van der Waals surface area contributed by atoms with Crippen LogP contribution in [0, 0.1) is 5.92 Å². The molecule has 0 aromatic heterocycles. The quantitative estimate of drug-likeness (QED) is 0.813. The van der Waals surface area contributed by atoms with Gasteiger partial charge in [-0.05, 0) is 26.7 Å². The van der Waals surface area contributed by atoms with E-state index >= 15 is 0 Å². The van der Waals surface area contributed by atoms with Gasteiger partial charge >= 0.3 is 6.03 Å². The normalized spacial score (nSPS) is 26.0. The molecule has 0 unspecified atom stereocenters. The molecule has 0 saturated carbocycles. The Labute approximate surface area is 138 Å². The third-order valence-corrected chi connectivity index (χ3v) is 4.49. The molecule has 23 heavy (non-hydrogen) atoms. The maximum Gasteiger partial charge on any atom is 0.319 e. The number of amides is 3. The number of nitrogens with zero attached hydrogens (tertiary/aromatic N) is 3. The summed E-state index contributed by atoms with van der Waals surface area (Å²) in [7, 11) is 3.47. The zero-order valence-electron chi connectivity index (χ0n) is 14.6. The van der Waals surface area contributed by atoms with Crippen molar-refractivity contribution in [1.29, 1.82) is 0 Å². The molecule has 0 aliphatic carbocycles. The molecular weight excluding hydrogens is 298 g/mol. The topological polar surface area (TPSA) is 73.3 Å². The maximum atomic E-state index is 12.6. The smallest absolute Gasteiger partial charge is 0.319 e. The number of piperidine rings is 1. The standard InChI is InChI=1S/C16H29N3O4/c1-11(2)23-14-10-19(9-13(14)20)15(21)12-5-7-18(8-6-12)16(22)17(3)4/h11-14,20H,5-10H2,1-4H3/t13-,14-/m0/s1. The van der Waals surface area contributed by atoms with Crippen LogP contribution in [0.25, 0.3) is 0 Å². The fourth-order valence-electron chi connectivity index (χ4n) is 3.28. The predicted octanol–water partition coefficient (Wildman–Crippen LogP) is 0.377. The van der Waals surface area contributed by atoms with Crippen LogP contribution in [-0.4, -0.2) is 90.3 Å². The number of hydrogen-bond donors (Lipinski definition) is 1. The van der Waals surface area contributed by atoms with Crippen LogP contribution in [0.1, 0.15) is 26.7 Å². The molecule has 7 nitrogen and oxygen atoms in total. The fourth-order valence-corrected chi connectivity index (χ4v) is 3.28. The highest BCUT2D eigenvalue weighted by Gasteiger charge is 2.38. The molecule has 0 radical (unpaired) electrons. The minimum absolute atomic E-state index is 0.00195. The van der Waals surface area contributed by atoms with E-state index in [1.165, 1.54) is 0 Å². The van der Waals surface area contributed by atoms with Crippen LogP contribution in [0.4, 0.5) is 4.79 Å². The number of likely N-dealkylation sites (tertiary alicyclic amines) is 2. The number of carbonyl (C=O) groups excluding carboxylic acids is 2. The van der Waals surface area contributed by atoms with Crippen molar-refractivity contribution < 1.29 is 19.4 Å². The van der Waals surface area contributed by atoms with Gasteiger partial charge in [-0.15, -0.1) is 0 Å². The Kier molecular flexibility index (Phi) is 5.86. The van der Waals surface area contributed by atoms with Crippen molar-refractivity contribution >= 4 is 11.9 Å². The number of aliphatic hydroxyl groups is 1. The van der Waals surface area contributed by atoms with Gasteiger partial charge in [-0.25, -0.2) is 4.79 Å². The lowest BCUT2D eigenvalue weighted by Crippen LogP contribution is -2.47. The van der Waals surface area contributed by atoms with E-state index in [-0.39, 0.29) is 30.1 Å². The van der Waals surface area contributed by atoms with Gasteiger partial charge in [0.1, 0.15) is 6.10 Å². The second kappa shape index (κ2) is 7.49. The van der Waals surface area contributed by atoms with Crippen molar-refractivity contribution in [3.63, 3.8) is 0 Å². The minimum atomic E-state index is -0.614. The highest BCUT2D eigenvalue weighted by molar-refractivity contribution is 5.80. The Morgan fingerprint density at radius 3 is 2.26 bits per heavy atom. The molecule has 2 aliphatic rings. The lowest BCUT2D eigenvalue weighted by atomic mass is 9.95. The molecule has 2 saturated heterocycles. The highest BCUT2D eigenvalue weighted by Crippen LogP contribution is 2.24. The van der Waals surface area contributed by atoms with Gasteiger partial charge in [-0.1, -0.05) is 0 Å². The summed E-state index contributed by atoms with van der Waals surface area (Å²) in [6, 6.07) is -0.00195. The molecule has 0 aromatic rings. The molecule has 3 amide bonds. The largest absolute Gasteiger partial charge is 0.388 e. The molecule has 2 aliphatic heterocycles. The van der Waals surface area contributed by atoms with Crippen LogP contribution in [-0.2, 0) is 9.53 Å². The summed E-state index contributed by atoms with van der Waals surface area (Å²) in [5.74, 6) is 0.0158. The number of ether oxygens (including phenoxy) is 1.